The monoisotopic (exact) mass is 462 g/mol. The summed E-state index contributed by atoms with van der Waals surface area (Å²) < 4.78 is 0. The zero-order valence-electron chi connectivity index (χ0n) is 4.49. The van der Waals surface area contributed by atoms with Crippen LogP contribution in [0, 0.1) is 40.4 Å². The van der Waals surface area contributed by atoms with E-state index in [-0.39, 0.29) is 147 Å². The molecule has 0 bridgehead atoms. The van der Waals surface area contributed by atoms with Gasteiger partial charge in [0, 0.05) is 90.2 Å². The summed E-state index contributed by atoms with van der Waals surface area (Å²) in [6.45, 7) is 0. The topological polar surface area (TPSA) is 31.5 Å². The number of hydrogen-bond donors (Lipinski definition) is 0. The Morgan fingerprint density at radius 1 is 1.20 bits per heavy atom. The van der Waals surface area contributed by atoms with Crippen LogP contribution in [0.4, 0.5) is 0 Å². The van der Waals surface area contributed by atoms with Gasteiger partial charge in [-0.3, -0.25) is 0 Å². The van der Waals surface area contributed by atoms with Gasteiger partial charge in [0.1, 0.15) is 0 Å². The van der Waals surface area contributed by atoms with Crippen LogP contribution in [0.25, 0.3) is 0 Å². The molecule has 1 nitrogen and oxygen atoms in total. The molecule has 0 spiro atoms. The Morgan fingerprint density at radius 2 is 1.20 bits per heavy atom. The summed E-state index contributed by atoms with van der Waals surface area (Å²) >= 11 is 0. The fraction of sp³-hybridized carbons (Fsp3) is 0. The van der Waals surface area contributed by atoms with Gasteiger partial charge in [-0.15, -0.1) is 0 Å². The van der Waals surface area contributed by atoms with Crippen LogP contribution in [0.1, 0.15) is 2.85 Å². The van der Waals surface area contributed by atoms with E-state index in [1.807, 2.05) is 0 Å². The van der Waals surface area contributed by atoms with Crippen molar-refractivity contribution >= 4 is 48.9 Å². The predicted molar refractivity (Wildman–Crippen MR) is 11.6 cm³/mol. The Hall–Kier alpha value is 4.49. The fourth-order valence-corrected chi connectivity index (χ4v) is 0. The molecule has 5 heteroatoms. The van der Waals surface area contributed by atoms with Gasteiger partial charge in [-0.05, 0) is 0 Å². The van der Waals surface area contributed by atoms with E-state index in [0.717, 1.165) is 0 Å². The third-order valence-corrected chi connectivity index (χ3v) is 0. The number of hydrogen-bond acceptors (Lipinski definition) is 0. The molecule has 2 N–H and O–H groups in total. The maximum atomic E-state index is 0. The van der Waals surface area contributed by atoms with E-state index in [1.54, 1.807) is 0 Å². The molecule has 0 unspecified atom stereocenters. The minimum absolute atomic E-state index is 0. The van der Waals surface area contributed by atoms with Crippen LogP contribution in [0.2, 0.25) is 0 Å². The summed E-state index contributed by atoms with van der Waals surface area (Å²) in [5.74, 6) is 0. The molecule has 0 aromatic rings. The molecule has 0 aromatic heterocycles. The van der Waals surface area contributed by atoms with Crippen LogP contribution < -0.4 is 0 Å². The van der Waals surface area contributed by atoms with E-state index < -0.39 is 0 Å². The van der Waals surface area contributed by atoms with Crippen molar-refractivity contribution < 1.29 is 98.5 Å². The number of rotatable bonds is 0. The molecule has 5 heavy (non-hydrogen) atoms. The Bertz CT molecular complexity index is 17.7. The van der Waals surface area contributed by atoms with Gasteiger partial charge in [0.05, 0.1) is 0 Å². The van der Waals surface area contributed by atoms with Crippen molar-refractivity contribution in [1.82, 2.24) is 0 Å². The van der Waals surface area contributed by atoms with Crippen molar-refractivity contribution in [2.75, 3.05) is 0 Å². The first-order chi connectivity index (χ1) is 0. The molecule has 0 aliphatic carbocycles. The molecular formula is H4BaCuOSmY. The van der Waals surface area contributed by atoms with Gasteiger partial charge in [-0.1, -0.05) is 0 Å². The van der Waals surface area contributed by atoms with E-state index in [4.69, 9.17) is 0 Å². The summed E-state index contributed by atoms with van der Waals surface area (Å²) in [7, 11) is 0. The van der Waals surface area contributed by atoms with Crippen molar-refractivity contribution in [1.29, 1.82) is 0 Å². The summed E-state index contributed by atoms with van der Waals surface area (Å²) in [6.07, 6.45) is 0. The summed E-state index contributed by atoms with van der Waals surface area (Å²) in [4.78, 5) is 0. The van der Waals surface area contributed by atoms with Crippen LogP contribution >= 0.6 is 0 Å². The summed E-state index contributed by atoms with van der Waals surface area (Å²) in [5, 5.41) is 0. The van der Waals surface area contributed by atoms with Crippen molar-refractivity contribution in [2.24, 2.45) is 0 Å². The van der Waals surface area contributed by atoms with Crippen LogP contribution in [0.5, 0.6) is 0 Å². The van der Waals surface area contributed by atoms with E-state index in [2.05, 4.69) is 0 Å². The largest absolute Gasteiger partial charge is 2.00 e. The molecule has 0 aromatic carbocycles. The Labute approximate surface area is 143 Å². The van der Waals surface area contributed by atoms with Crippen molar-refractivity contribution in [3.63, 3.8) is 0 Å². The molecule has 0 atom stereocenters. The van der Waals surface area contributed by atoms with Crippen LogP contribution in [-0.2, 0) is 49.8 Å². The van der Waals surface area contributed by atoms with Crippen molar-refractivity contribution in [3.05, 3.63) is 0 Å². The normalized spacial score (nSPS) is 0. The Kier molecular flexibility index (Phi) is 160. The molecule has 0 aliphatic heterocycles. The minimum Gasteiger partial charge on any atom is -1.00 e. The molecule has 0 amide bonds. The standard InChI is InChI=1S/Ba.Cu.H2O.Sm.Y.2H/h;;1H2;;;;/q+2;;;;;2*-1. The van der Waals surface area contributed by atoms with E-state index >= 15 is 0 Å². The fourth-order valence-electron chi connectivity index (χ4n) is 0. The second-order valence-electron chi connectivity index (χ2n) is 0. The smallest absolute Gasteiger partial charge is 1.00 e. The van der Waals surface area contributed by atoms with Gasteiger partial charge in [-0.2, -0.15) is 0 Å². The summed E-state index contributed by atoms with van der Waals surface area (Å²) in [6, 6.07) is 0. The van der Waals surface area contributed by atoms with Crippen molar-refractivity contribution in [3.8, 4) is 0 Å². The second kappa shape index (κ2) is 23.6. The van der Waals surface area contributed by atoms with E-state index in [0.29, 0.717) is 0 Å². The van der Waals surface area contributed by atoms with Gasteiger partial charge < -0.3 is 8.33 Å². The van der Waals surface area contributed by atoms with E-state index in [9.17, 15) is 0 Å². The van der Waals surface area contributed by atoms with Gasteiger partial charge in [0.2, 0.25) is 0 Å². The Balaban J connectivity index is 0. The van der Waals surface area contributed by atoms with Crippen molar-refractivity contribution in [2.45, 2.75) is 0 Å². The first-order valence-corrected chi connectivity index (χ1v) is 0. The SMILES string of the molecule is O.[Ba+2].[Cu].[H-].[H-].[Sm].[Y]. The maximum Gasteiger partial charge on any atom is 2.00 e. The molecule has 0 saturated heterocycles. The first kappa shape index (κ1) is 33.9. The van der Waals surface area contributed by atoms with Gasteiger partial charge in [0.25, 0.3) is 0 Å². The van der Waals surface area contributed by atoms with Gasteiger partial charge in [-0.25, -0.2) is 0 Å². The first-order valence-electron chi connectivity index (χ1n) is 0. The minimum atomic E-state index is 0. The second-order valence-corrected chi connectivity index (χ2v) is 0. The maximum absolute atomic E-state index is 0. The molecule has 0 aliphatic rings. The molecule has 0 rings (SSSR count). The predicted octanol–water partition coefficient (Wildman–Crippen LogP) is -0.986. The van der Waals surface area contributed by atoms with Gasteiger partial charge in [0.15, 0.2) is 0 Å². The average Bonchev–Trinajstić information content (AvgIpc) is 0. The Morgan fingerprint density at radius 3 is 1.20 bits per heavy atom. The molecule has 0 heterocycles. The molecular weight excluding hydrogens is 456 g/mol. The quantitative estimate of drug-likeness (QED) is 0.417. The van der Waals surface area contributed by atoms with Crippen LogP contribution in [0.15, 0.2) is 0 Å². The van der Waals surface area contributed by atoms with Crippen LogP contribution in [0.3, 0.4) is 0 Å². The van der Waals surface area contributed by atoms with Crippen LogP contribution in [-0.4, -0.2) is 54.4 Å². The zero-order valence-corrected chi connectivity index (χ0v) is 13.3. The third-order valence-electron chi connectivity index (χ3n) is 0. The third kappa shape index (κ3) is 17.7. The average molecular weight is 460 g/mol. The summed E-state index contributed by atoms with van der Waals surface area (Å²) in [5.41, 5.74) is 0. The molecule has 32 valence electrons. The molecule has 0 fully saturated rings. The zero-order chi connectivity index (χ0) is 0. The molecule has 0 saturated carbocycles. The molecule has 2 radical (unpaired) electrons. The van der Waals surface area contributed by atoms with Gasteiger partial charge >= 0.3 is 48.9 Å². The van der Waals surface area contributed by atoms with E-state index in [1.165, 1.54) is 0 Å².